The van der Waals surface area contributed by atoms with Gasteiger partial charge in [-0.25, -0.2) is 0 Å². The number of nitrogens with zero attached hydrogens (tertiary/aromatic N) is 2. The number of amides is 2. The number of piperazine rings is 1. The summed E-state index contributed by atoms with van der Waals surface area (Å²) in [4.78, 5) is 27.0. The SMILES string of the molecule is O=C1C2CC(O)CN2C(=O)C2CC(O)CN12. The Kier molecular flexibility index (Phi) is 1.99. The Hall–Kier alpha value is -1.14. The number of carbonyl (C=O) groups is 2. The maximum absolute atomic E-state index is 12.0. The first kappa shape index (κ1) is 10.0. The molecule has 3 aliphatic rings. The van der Waals surface area contributed by atoms with Crippen LogP contribution in [0.4, 0.5) is 0 Å². The molecule has 0 radical (unpaired) electrons. The summed E-state index contributed by atoms with van der Waals surface area (Å²) in [6.07, 6.45) is -0.543. The van der Waals surface area contributed by atoms with Crippen LogP contribution in [-0.4, -0.2) is 69.2 Å². The first-order chi connectivity index (χ1) is 7.58. The van der Waals surface area contributed by atoms with Crippen molar-refractivity contribution in [2.45, 2.75) is 37.1 Å². The van der Waals surface area contributed by atoms with Crippen LogP contribution in [0, 0.1) is 0 Å². The van der Waals surface area contributed by atoms with Crippen molar-refractivity contribution in [1.82, 2.24) is 9.80 Å². The summed E-state index contributed by atoms with van der Waals surface area (Å²) in [7, 11) is 0. The van der Waals surface area contributed by atoms with Crippen molar-refractivity contribution in [1.29, 1.82) is 0 Å². The first-order valence-electron chi connectivity index (χ1n) is 5.55. The van der Waals surface area contributed by atoms with Gasteiger partial charge in [0, 0.05) is 25.9 Å². The molecule has 3 rings (SSSR count). The van der Waals surface area contributed by atoms with Crippen LogP contribution in [0.5, 0.6) is 0 Å². The summed E-state index contributed by atoms with van der Waals surface area (Å²) < 4.78 is 0. The zero-order valence-electron chi connectivity index (χ0n) is 8.74. The molecule has 0 aromatic heterocycles. The lowest BCUT2D eigenvalue weighted by Gasteiger charge is -2.38. The predicted octanol–water partition coefficient (Wildman–Crippen LogP) is -2.08. The molecule has 0 aliphatic carbocycles. The van der Waals surface area contributed by atoms with Gasteiger partial charge in [-0.15, -0.1) is 0 Å². The van der Waals surface area contributed by atoms with E-state index in [1.165, 1.54) is 9.80 Å². The van der Waals surface area contributed by atoms with Gasteiger partial charge in [0.1, 0.15) is 12.1 Å². The van der Waals surface area contributed by atoms with Gasteiger partial charge in [-0.1, -0.05) is 0 Å². The van der Waals surface area contributed by atoms with Crippen molar-refractivity contribution < 1.29 is 19.8 Å². The average molecular weight is 226 g/mol. The third-order valence-electron chi connectivity index (χ3n) is 3.69. The Balaban J connectivity index is 1.92. The van der Waals surface area contributed by atoms with E-state index in [2.05, 4.69) is 0 Å². The van der Waals surface area contributed by atoms with Crippen molar-refractivity contribution in [3.05, 3.63) is 0 Å². The Bertz CT molecular complexity index is 297. The Labute approximate surface area is 92.4 Å². The fourth-order valence-corrected chi connectivity index (χ4v) is 2.97. The summed E-state index contributed by atoms with van der Waals surface area (Å²) in [5.74, 6) is -0.254. The predicted molar refractivity (Wildman–Crippen MR) is 52.2 cm³/mol. The molecule has 2 amide bonds. The van der Waals surface area contributed by atoms with E-state index in [9.17, 15) is 19.8 Å². The van der Waals surface area contributed by atoms with Crippen LogP contribution < -0.4 is 0 Å². The summed E-state index contributed by atoms with van der Waals surface area (Å²) in [5.41, 5.74) is 0. The lowest BCUT2D eigenvalue weighted by Crippen LogP contribution is -2.60. The minimum absolute atomic E-state index is 0.127. The van der Waals surface area contributed by atoms with E-state index in [1.54, 1.807) is 0 Å². The summed E-state index contributed by atoms with van der Waals surface area (Å²) >= 11 is 0. The normalized spacial score (nSPS) is 42.6. The maximum atomic E-state index is 12.0. The second-order valence-corrected chi connectivity index (χ2v) is 4.79. The van der Waals surface area contributed by atoms with Gasteiger partial charge >= 0.3 is 0 Å². The van der Waals surface area contributed by atoms with Crippen LogP contribution in [-0.2, 0) is 9.59 Å². The maximum Gasteiger partial charge on any atom is 0.246 e. The number of carbonyl (C=O) groups excluding carboxylic acids is 2. The molecule has 3 saturated heterocycles. The zero-order chi connectivity index (χ0) is 11.4. The molecule has 0 aromatic carbocycles. The van der Waals surface area contributed by atoms with Crippen molar-refractivity contribution in [2.75, 3.05) is 13.1 Å². The molecule has 6 nitrogen and oxygen atoms in total. The number of aliphatic hydroxyl groups excluding tert-OH is 2. The molecule has 4 unspecified atom stereocenters. The number of aliphatic hydroxyl groups is 2. The number of rotatable bonds is 0. The molecule has 16 heavy (non-hydrogen) atoms. The van der Waals surface area contributed by atoms with E-state index in [0.29, 0.717) is 12.8 Å². The van der Waals surface area contributed by atoms with Crippen molar-refractivity contribution in [3.63, 3.8) is 0 Å². The van der Waals surface area contributed by atoms with Gasteiger partial charge in [0.25, 0.3) is 0 Å². The third-order valence-corrected chi connectivity index (χ3v) is 3.69. The number of fused-ring (bicyclic) bond motifs is 2. The highest BCUT2D eigenvalue weighted by Crippen LogP contribution is 2.32. The third kappa shape index (κ3) is 1.20. The Morgan fingerprint density at radius 3 is 1.62 bits per heavy atom. The number of hydrogen-bond acceptors (Lipinski definition) is 4. The fraction of sp³-hybridized carbons (Fsp3) is 0.800. The van der Waals surface area contributed by atoms with Crippen LogP contribution in [0.3, 0.4) is 0 Å². The van der Waals surface area contributed by atoms with E-state index in [-0.39, 0.29) is 24.9 Å². The van der Waals surface area contributed by atoms with Crippen LogP contribution in [0.1, 0.15) is 12.8 Å². The molecule has 88 valence electrons. The van der Waals surface area contributed by atoms with Gasteiger partial charge in [0.05, 0.1) is 12.2 Å². The second-order valence-electron chi connectivity index (χ2n) is 4.79. The molecule has 0 bridgehead atoms. The molecule has 4 atom stereocenters. The molecular weight excluding hydrogens is 212 g/mol. The molecule has 3 heterocycles. The smallest absolute Gasteiger partial charge is 0.246 e. The molecule has 0 spiro atoms. The first-order valence-corrected chi connectivity index (χ1v) is 5.55. The van der Waals surface area contributed by atoms with E-state index in [4.69, 9.17) is 0 Å². The van der Waals surface area contributed by atoms with Crippen LogP contribution in [0.25, 0.3) is 0 Å². The highest BCUT2D eigenvalue weighted by molar-refractivity contribution is 5.98. The van der Waals surface area contributed by atoms with E-state index >= 15 is 0 Å². The molecular formula is C10H14N2O4. The van der Waals surface area contributed by atoms with Crippen molar-refractivity contribution in [2.24, 2.45) is 0 Å². The summed E-state index contributed by atoms with van der Waals surface area (Å²) in [5, 5.41) is 19.0. The Morgan fingerprint density at radius 1 is 0.875 bits per heavy atom. The summed E-state index contributed by atoms with van der Waals surface area (Å²) in [6, 6.07) is -1.02. The van der Waals surface area contributed by atoms with Gasteiger partial charge in [-0.05, 0) is 0 Å². The quantitative estimate of drug-likeness (QED) is 0.497. The van der Waals surface area contributed by atoms with Crippen LogP contribution in [0.15, 0.2) is 0 Å². The van der Waals surface area contributed by atoms with Crippen LogP contribution in [0.2, 0.25) is 0 Å². The molecule has 0 saturated carbocycles. The van der Waals surface area contributed by atoms with Gasteiger partial charge in [0.2, 0.25) is 11.8 Å². The minimum atomic E-state index is -0.595. The monoisotopic (exact) mass is 226 g/mol. The molecule has 6 heteroatoms. The molecule has 3 fully saturated rings. The van der Waals surface area contributed by atoms with Crippen molar-refractivity contribution in [3.8, 4) is 0 Å². The average Bonchev–Trinajstić information content (AvgIpc) is 2.78. The molecule has 2 N–H and O–H groups in total. The number of hydrogen-bond donors (Lipinski definition) is 2. The van der Waals surface area contributed by atoms with E-state index in [1.807, 2.05) is 0 Å². The second kappa shape index (κ2) is 3.18. The molecule has 0 aromatic rings. The van der Waals surface area contributed by atoms with Gasteiger partial charge in [-0.2, -0.15) is 0 Å². The van der Waals surface area contributed by atoms with Gasteiger partial charge < -0.3 is 20.0 Å². The highest BCUT2D eigenvalue weighted by Gasteiger charge is 2.53. The lowest BCUT2D eigenvalue weighted by atomic mass is 10.1. The Morgan fingerprint density at radius 2 is 1.25 bits per heavy atom. The van der Waals surface area contributed by atoms with E-state index in [0.717, 1.165) is 0 Å². The largest absolute Gasteiger partial charge is 0.391 e. The highest BCUT2D eigenvalue weighted by atomic mass is 16.3. The van der Waals surface area contributed by atoms with Crippen LogP contribution >= 0.6 is 0 Å². The standard InChI is InChI=1S/C10H14N2O4/c13-5-1-7-9(15)12-4-6(14)2-8(12)10(16)11(7)3-5/h5-8,13-14H,1-4H2. The van der Waals surface area contributed by atoms with Gasteiger partial charge in [0.15, 0.2) is 0 Å². The topological polar surface area (TPSA) is 81.1 Å². The lowest BCUT2D eigenvalue weighted by molar-refractivity contribution is -0.157. The molecule has 3 aliphatic heterocycles. The van der Waals surface area contributed by atoms with Crippen molar-refractivity contribution >= 4 is 11.8 Å². The zero-order valence-corrected chi connectivity index (χ0v) is 8.74. The minimum Gasteiger partial charge on any atom is -0.391 e. The summed E-state index contributed by atoms with van der Waals surface area (Å²) in [6.45, 7) is 0.491. The van der Waals surface area contributed by atoms with E-state index < -0.39 is 24.3 Å². The van der Waals surface area contributed by atoms with Gasteiger partial charge in [-0.3, -0.25) is 9.59 Å². The fourth-order valence-electron chi connectivity index (χ4n) is 2.97.